The van der Waals surface area contributed by atoms with Gasteiger partial charge in [0.05, 0.1) is 0 Å². The predicted molar refractivity (Wildman–Crippen MR) is 55.1 cm³/mol. The Kier molecular flexibility index (Phi) is 3.76. The molecule has 1 aromatic rings. The topological polar surface area (TPSA) is 14.1 Å². The highest BCUT2D eigenvalue weighted by atomic mass is 79.9. The molecule has 12 heavy (non-hydrogen) atoms. The molecule has 0 saturated carbocycles. The molecular formula is C10H13BrN. The second-order valence-electron chi connectivity index (χ2n) is 3.06. The molecular weight excluding hydrogens is 214 g/mol. The molecule has 0 heterocycles. The lowest BCUT2D eigenvalue weighted by molar-refractivity contribution is 0.575. The van der Waals surface area contributed by atoms with Gasteiger partial charge in [-0.2, -0.15) is 0 Å². The molecule has 0 aliphatic heterocycles. The molecule has 0 N–H and O–H groups in total. The highest BCUT2D eigenvalue weighted by Gasteiger charge is 1.95. The summed E-state index contributed by atoms with van der Waals surface area (Å²) in [5.41, 5.74) is 1.27. The summed E-state index contributed by atoms with van der Waals surface area (Å²) in [5, 5.41) is 4.41. The molecule has 1 rings (SSSR count). The van der Waals surface area contributed by atoms with Crippen molar-refractivity contribution in [3.8, 4) is 0 Å². The first-order valence-electron chi connectivity index (χ1n) is 4.09. The van der Waals surface area contributed by atoms with E-state index in [0.717, 1.165) is 11.0 Å². The smallest absolute Gasteiger partial charge is 0.0387 e. The Bertz CT molecular complexity index is 228. The van der Waals surface area contributed by atoms with Crippen LogP contribution in [0.25, 0.3) is 0 Å². The van der Waals surface area contributed by atoms with Crippen LogP contribution in [-0.2, 0) is 6.54 Å². The van der Waals surface area contributed by atoms with E-state index in [1.807, 2.05) is 12.1 Å². The maximum absolute atomic E-state index is 4.41. The van der Waals surface area contributed by atoms with Crippen LogP contribution in [0.15, 0.2) is 28.7 Å². The number of benzene rings is 1. The summed E-state index contributed by atoms with van der Waals surface area (Å²) >= 11 is 3.39. The molecule has 0 saturated heterocycles. The Labute approximate surface area is 82.3 Å². The maximum Gasteiger partial charge on any atom is 0.0387 e. The number of rotatable bonds is 3. The lowest BCUT2D eigenvalue weighted by Gasteiger charge is -2.04. The van der Waals surface area contributed by atoms with Gasteiger partial charge < -0.3 is 0 Å². The average molecular weight is 227 g/mol. The van der Waals surface area contributed by atoms with Gasteiger partial charge in [0.2, 0.25) is 0 Å². The second-order valence-corrected chi connectivity index (χ2v) is 3.98. The Morgan fingerprint density at radius 2 is 1.83 bits per heavy atom. The van der Waals surface area contributed by atoms with Crippen molar-refractivity contribution in [1.82, 2.24) is 5.32 Å². The van der Waals surface area contributed by atoms with Gasteiger partial charge in [0.15, 0.2) is 0 Å². The number of nitrogens with zero attached hydrogens (tertiary/aromatic N) is 1. The zero-order chi connectivity index (χ0) is 8.97. The van der Waals surface area contributed by atoms with Gasteiger partial charge in [0.1, 0.15) is 0 Å². The molecule has 1 nitrogen and oxygen atoms in total. The van der Waals surface area contributed by atoms with Gasteiger partial charge in [0, 0.05) is 17.1 Å². The monoisotopic (exact) mass is 226 g/mol. The molecule has 0 aromatic heterocycles. The van der Waals surface area contributed by atoms with Gasteiger partial charge in [-0.05, 0) is 31.5 Å². The van der Waals surface area contributed by atoms with E-state index in [0.29, 0.717) is 6.04 Å². The van der Waals surface area contributed by atoms with Gasteiger partial charge in [-0.1, -0.05) is 28.1 Å². The molecule has 1 aromatic carbocycles. The van der Waals surface area contributed by atoms with Crippen LogP contribution in [0.3, 0.4) is 0 Å². The zero-order valence-corrected chi connectivity index (χ0v) is 9.01. The minimum absolute atomic E-state index is 0.425. The SMILES string of the molecule is CC(C)[N]Cc1ccc(Br)cc1. The quantitative estimate of drug-likeness (QED) is 0.753. The highest BCUT2D eigenvalue weighted by Crippen LogP contribution is 2.10. The summed E-state index contributed by atoms with van der Waals surface area (Å²) in [7, 11) is 0. The van der Waals surface area contributed by atoms with Crippen LogP contribution in [0.4, 0.5) is 0 Å². The van der Waals surface area contributed by atoms with E-state index in [1.165, 1.54) is 5.56 Å². The van der Waals surface area contributed by atoms with Crippen molar-refractivity contribution in [2.45, 2.75) is 26.4 Å². The first-order valence-corrected chi connectivity index (χ1v) is 4.89. The lowest BCUT2D eigenvalue weighted by atomic mass is 10.2. The summed E-state index contributed by atoms with van der Waals surface area (Å²) in [6, 6.07) is 8.70. The van der Waals surface area contributed by atoms with Gasteiger partial charge in [-0.3, -0.25) is 0 Å². The van der Waals surface area contributed by atoms with Gasteiger partial charge >= 0.3 is 0 Å². The van der Waals surface area contributed by atoms with Crippen LogP contribution < -0.4 is 5.32 Å². The molecule has 0 fully saturated rings. The van der Waals surface area contributed by atoms with Gasteiger partial charge in [-0.25, -0.2) is 5.32 Å². The summed E-state index contributed by atoms with van der Waals surface area (Å²) < 4.78 is 1.12. The van der Waals surface area contributed by atoms with Crippen LogP contribution in [-0.4, -0.2) is 6.04 Å². The fraction of sp³-hybridized carbons (Fsp3) is 0.400. The van der Waals surface area contributed by atoms with Crippen LogP contribution >= 0.6 is 15.9 Å². The van der Waals surface area contributed by atoms with E-state index >= 15 is 0 Å². The standard InChI is InChI=1S/C10H13BrN/c1-8(2)12-7-9-3-5-10(11)6-4-9/h3-6,8H,7H2,1-2H3. The Balaban J connectivity index is 2.48. The molecule has 1 radical (unpaired) electrons. The third kappa shape index (κ3) is 3.37. The minimum atomic E-state index is 0.425. The molecule has 0 atom stereocenters. The highest BCUT2D eigenvalue weighted by molar-refractivity contribution is 9.10. The Morgan fingerprint density at radius 1 is 1.25 bits per heavy atom. The first kappa shape index (κ1) is 9.75. The third-order valence-corrected chi connectivity index (χ3v) is 2.08. The van der Waals surface area contributed by atoms with Crippen molar-refractivity contribution in [3.05, 3.63) is 34.3 Å². The van der Waals surface area contributed by atoms with Crippen molar-refractivity contribution in [1.29, 1.82) is 0 Å². The fourth-order valence-electron chi connectivity index (χ4n) is 0.878. The van der Waals surface area contributed by atoms with Crippen molar-refractivity contribution in [3.63, 3.8) is 0 Å². The predicted octanol–water partition coefficient (Wildman–Crippen LogP) is 2.96. The van der Waals surface area contributed by atoms with Crippen molar-refractivity contribution >= 4 is 15.9 Å². The van der Waals surface area contributed by atoms with E-state index in [1.54, 1.807) is 0 Å². The van der Waals surface area contributed by atoms with Gasteiger partial charge in [0.25, 0.3) is 0 Å². The number of hydrogen-bond donors (Lipinski definition) is 0. The van der Waals surface area contributed by atoms with Crippen LogP contribution in [0.2, 0.25) is 0 Å². The Morgan fingerprint density at radius 3 is 2.33 bits per heavy atom. The largest absolute Gasteiger partial charge is 0.234 e. The van der Waals surface area contributed by atoms with E-state index in [4.69, 9.17) is 0 Å². The third-order valence-electron chi connectivity index (χ3n) is 1.55. The molecule has 0 unspecified atom stereocenters. The van der Waals surface area contributed by atoms with Gasteiger partial charge in [-0.15, -0.1) is 0 Å². The summed E-state index contributed by atoms with van der Waals surface area (Å²) in [6.45, 7) is 5.02. The molecule has 0 amide bonds. The second kappa shape index (κ2) is 4.63. The molecule has 0 bridgehead atoms. The summed E-state index contributed by atoms with van der Waals surface area (Å²) in [4.78, 5) is 0. The summed E-state index contributed by atoms with van der Waals surface area (Å²) in [5.74, 6) is 0. The van der Waals surface area contributed by atoms with Crippen LogP contribution in [0.5, 0.6) is 0 Å². The molecule has 2 heteroatoms. The average Bonchev–Trinajstić information content (AvgIpc) is 2.03. The molecule has 65 valence electrons. The normalized spacial score (nSPS) is 10.7. The van der Waals surface area contributed by atoms with E-state index in [9.17, 15) is 0 Å². The van der Waals surface area contributed by atoms with Crippen molar-refractivity contribution < 1.29 is 0 Å². The van der Waals surface area contributed by atoms with Crippen LogP contribution in [0, 0.1) is 0 Å². The number of hydrogen-bond acceptors (Lipinski definition) is 0. The minimum Gasteiger partial charge on any atom is -0.234 e. The van der Waals surface area contributed by atoms with E-state index < -0.39 is 0 Å². The molecule has 0 aliphatic carbocycles. The maximum atomic E-state index is 4.41. The van der Waals surface area contributed by atoms with Crippen molar-refractivity contribution in [2.24, 2.45) is 0 Å². The Hall–Kier alpha value is -0.340. The molecule has 0 aliphatic rings. The van der Waals surface area contributed by atoms with E-state index in [-0.39, 0.29) is 0 Å². The number of halogens is 1. The van der Waals surface area contributed by atoms with Crippen LogP contribution in [0.1, 0.15) is 19.4 Å². The fourth-order valence-corrected chi connectivity index (χ4v) is 1.14. The summed E-state index contributed by atoms with van der Waals surface area (Å²) in [6.07, 6.45) is 0. The molecule has 0 spiro atoms. The van der Waals surface area contributed by atoms with Crippen molar-refractivity contribution in [2.75, 3.05) is 0 Å². The zero-order valence-electron chi connectivity index (χ0n) is 7.42. The first-order chi connectivity index (χ1) is 5.68. The van der Waals surface area contributed by atoms with E-state index in [2.05, 4.69) is 47.2 Å². The lowest BCUT2D eigenvalue weighted by Crippen LogP contribution is -2.13.